The second kappa shape index (κ2) is 4.19. The fraction of sp³-hybridized carbons (Fsp3) is 0.800. The van der Waals surface area contributed by atoms with Crippen LogP contribution in [0.2, 0.25) is 0 Å². The quantitative estimate of drug-likeness (QED) is 0.689. The summed E-state index contributed by atoms with van der Waals surface area (Å²) < 4.78 is 36.9. The van der Waals surface area contributed by atoms with Crippen LogP contribution >= 0.6 is 0 Å². The van der Waals surface area contributed by atoms with E-state index in [9.17, 15) is 22.8 Å². The van der Waals surface area contributed by atoms with Crippen LogP contribution in [0.3, 0.4) is 0 Å². The largest absolute Gasteiger partial charge is 0.406 e. The van der Waals surface area contributed by atoms with E-state index in [2.05, 4.69) is 0 Å². The maximum absolute atomic E-state index is 12.3. The van der Waals surface area contributed by atoms with Crippen LogP contribution in [0.25, 0.3) is 0 Å². The fourth-order valence-electron chi connectivity index (χ4n) is 2.39. The molecular formula is C10H13F3N2O2. The maximum Gasteiger partial charge on any atom is 0.406 e. The first-order valence-corrected chi connectivity index (χ1v) is 5.53. The van der Waals surface area contributed by atoms with Crippen LogP contribution in [0.1, 0.15) is 19.3 Å². The lowest BCUT2D eigenvalue weighted by Crippen LogP contribution is -2.46. The minimum Gasteiger partial charge on any atom is -0.331 e. The second-order valence-corrected chi connectivity index (χ2v) is 4.37. The van der Waals surface area contributed by atoms with E-state index in [0.717, 1.165) is 4.90 Å². The maximum atomic E-state index is 12.3. The van der Waals surface area contributed by atoms with Gasteiger partial charge in [-0.3, -0.25) is 9.59 Å². The lowest BCUT2D eigenvalue weighted by Gasteiger charge is -2.25. The number of halogens is 3. The van der Waals surface area contributed by atoms with Gasteiger partial charge in [0.1, 0.15) is 12.6 Å². The number of carbonyl (C=O) groups excluding carboxylic acids is 2. The van der Waals surface area contributed by atoms with Crippen molar-refractivity contribution in [3.05, 3.63) is 0 Å². The molecule has 2 fully saturated rings. The number of carbonyl (C=O) groups is 2. The Morgan fingerprint density at radius 1 is 1.24 bits per heavy atom. The van der Waals surface area contributed by atoms with Crippen molar-refractivity contribution in [3.8, 4) is 0 Å². The molecule has 0 bridgehead atoms. The van der Waals surface area contributed by atoms with Crippen LogP contribution in [0.5, 0.6) is 0 Å². The van der Waals surface area contributed by atoms with Gasteiger partial charge in [0, 0.05) is 19.5 Å². The Bertz CT molecular complexity index is 343. The molecule has 2 amide bonds. The van der Waals surface area contributed by atoms with Gasteiger partial charge in [-0.15, -0.1) is 0 Å². The highest BCUT2D eigenvalue weighted by Crippen LogP contribution is 2.25. The number of hydrogen-bond acceptors (Lipinski definition) is 2. The predicted molar refractivity (Wildman–Crippen MR) is 52.0 cm³/mol. The molecule has 2 aliphatic heterocycles. The van der Waals surface area contributed by atoms with Crippen LogP contribution in [0.4, 0.5) is 13.2 Å². The van der Waals surface area contributed by atoms with Crippen molar-refractivity contribution >= 4 is 11.8 Å². The number of hydrogen-bond donors (Lipinski definition) is 0. The average Bonchev–Trinajstić information content (AvgIpc) is 2.66. The topological polar surface area (TPSA) is 40.6 Å². The Hall–Kier alpha value is -1.27. The van der Waals surface area contributed by atoms with E-state index in [1.165, 1.54) is 4.90 Å². The van der Waals surface area contributed by atoms with E-state index in [-0.39, 0.29) is 18.9 Å². The molecule has 0 radical (unpaired) electrons. The molecule has 0 aromatic heterocycles. The highest BCUT2D eigenvalue weighted by molar-refractivity contribution is 5.90. The van der Waals surface area contributed by atoms with Gasteiger partial charge in [-0.05, 0) is 12.8 Å². The SMILES string of the molecule is O=C1C2CCCN2C(=O)CCN1CC(F)(F)F. The molecule has 4 nitrogen and oxygen atoms in total. The molecule has 0 N–H and O–H groups in total. The summed E-state index contributed by atoms with van der Waals surface area (Å²) in [4.78, 5) is 25.7. The Kier molecular flexibility index (Phi) is 3.01. The molecule has 0 aromatic rings. The van der Waals surface area contributed by atoms with Crippen molar-refractivity contribution in [1.82, 2.24) is 9.80 Å². The first-order chi connectivity index (χ1) is 7.88. The van der Waals surface area contributed by atoms with Gasteiger partial charge in [0.2, 0.25) is 11.8 Å². The summed E-state index contributed by atoms with van der Waals surface area (Å²) in [7, 11) is 0. The number of nitrogens with zero attached hydrogens (tertiary/aromatic N) is 2. The third kappa shape index (κ3) is 2.53. The highest BCUT2D eigenvalue weighted by atomic mass is 19.4. The summed E-state index contributed by atoms with van der Waals surface area (Å²) in [6.45, 7) is -0.914. The zero-order chi connectivity index (χ0) is 12.6. The first-order valence-electron chi connectivity index (χ1n) is 5.53. The van der Waals surface area contributed by atoms with Crippen molar-refractivity contribution < 1.29 is 22.8 Å². The van der Waals surface area contributed by atoms with Gasteiger partial charge in [0.05, 0.1) is 0 Å². The van der Waals surface area contributed by atoms with E-state index < -0.39 is 24.7 Å². The molecule has 0 aliphatic carbocycles. The molecule has 0 spiro atoms. The highest BCUT2D eigenvalue weighted by Gasteiger charge is 2.42. The Balaban J connectivity index is 2.14. The third-order valence-corrected chi connectivity index (χ3v) is 3.14. The summed E-state index contributed by atoms with van der Waals surface area (Å²) >= 11 is 0. The van der Waals surface area contributed by atoms with Crippen molar-refractivity contribution in [2.45, 2.75) is 31.5 Å². The molecule has 96 valence electrons. The van der Waals surface area contributed by atoms with Crippen LogP contribution in [0.15, 0.2) is 0 Å². The molecule has 2 aliphatic rings. The van der Waals surface area contributed by atoms with E-state index >= 15 is 0 Å². The van der Waals surface area contributed by atoms with E-state index in [4.69, 9.17) is 0 Å². The monoisotopic (exact) mass is 250 g/mol. The van der Waals surface area contributed by atoms with Crippen molar-refractivity contribution in [2.24, 2.45) is 0 Å². The molecular weight excluding hydrogens is 237 g/mol. The number of amides is 2. The molecule has 1 atom stereocenters. The van der Waals surface area contributed by atoms with Crippen LogP contribution in [-0.2, 0) is 9.59 Å². The minimum atomic E-state index is -4.41. The van der Waals surface area contributed by atoms with Gasteiger partial charge in [0.25, 0.3) is 0 Å². The van der Waals surface area contributed by atoms with Gasteiger partial charge < -0.3 is 9.80 Å². The summed E-state index contributed by atoms with van der Waals surface area (Å²) in [5, 5.41) is 0. The minimum absolute atomic E-state index is 0.0156. The van der Waals surface area contributed by atoms with Crippen molar-refractivity contribution in [2.75, 3.05) is 19.6 Å². The molecule has 0 saturated carbocycles. The summed E-state index contributed by atoms with van der Waals surface area (Å²) in [6, 6.07) is -0.674. The van der Waals surface area contributed by atoms with E-state index in [1.807, 2.05) is 0 Å². The lowest BCUT2D eigenvalue weighted by molar-refractivity contribution is -0.162. The number of fused-ring (bicyclic) bond motifs is 1. The zero-order valence-corrected chi connectivity index (χ0v) is 9.16. The second-order valence-electron chi connectivity index (χ2n) is 4.37. The number of alkyl halides is 3. The zero-order valence-electron chi connectivity index (χ0n) is 9.16. The fourth-order valence-corrected chi connectivity index (χ4v) is 2.39. The molecule has 17 heavy (non-hydrogen) atoms. The Morgan fingerprint density at radius 2 is 1.94 bits per heavy atom. The Morgan fingerprint density at radius 3 is 2.59 bits per heavy atom. The standard InChI is InChI=1S/C10H13F3N2O2/c11-10(12,13)6-14-5-3-8(16)15-4-1-2-7(15)9(14)17/h7H,1-6H2. The molecule has 2 saturated heterocycles. The van der Waals surface area contributed by atoms with Crippen molar-refractivity contribution in [3.63, 3.8) is 0 Å². The van der Waals surface area contributed by atoms with Crippen molar-refractivity contribution in [1.29, 1.82) is 0 Å². The molecule has 1 unspecified atom stereocenters. The average molecular weight is 250 g/mol. The summed E-state index contributed by atoms with van der Waals surface area (Å²) in [5.41, 5.74) is 0. The van der Waals surface area contributed by atoms with Gasteiger partial charge >= 0.3 is 6.18 Å². The van der Waals surface area contributed by atoms with Gasteiger partial charge in [-0.2, -0.15) is 13.2 Å². The van der Waals surface area contributed by atoms with Gasteiger partial charge in [0.15, 0.2) is 0 Å². The summed E-state index contributed by atoms with van der Waals surface area (Å²) in [6.07, 6.45) is -3.27. The van der Waals surface area contributed by atoms with E-state index in [1.54, 1.807) is 0 Å². The van der Waals surface area contributed by atoms with Gasteiger partial charge in [-0.1, -0.05) is 0 Å². The smallest absolute Gasteiger partial charge is 0.331 e. The number of rotatable bonds is 1. The van der Waals surface area contributed by atoms with Crippen LogP contribution < -0.4 is 0 Å². The lowest BCUT2D eigenvalue weighted by atomic mass is 10.2. The summed E-state index contributed by atoms with van der Waals surface area (Å²) in [5.74, 6) is -0.781. The predicted octanol–water partition coefficient (Wildman–Crippen LogP) is 0.772. The Labute approximate surface area is 96.4 Å². The van der Waals surface area contributed by atoms with E-state index in [0.29, 0.717) is 19.4 Å². The van der Waals surface area contributed by atoms with Crippen LogP contribution in [0, 0.1) is 0 Å². The molecule has 0 aromatic carbocycles. The first kappa shape index (κ1) is 12.2. The van der Waals surface area contributed by atoms with Crippen LogP contribution in [-0.4, -0.2) is 53.5 Å². The molecule has 2 rings (SSSR count). The molecule has 7 heteroatoms. The third-order valence-electron chi connectivity index (χ3n) is 3.14. The normalized spacial score (nSPS) is 26.2. The molecule has 2 heterocycles. The van der Waals surface area contributed by atoms with Gasteiger partial charge in [-0.25, -0.2) is 0 Å².